The number of hydrogen-bond acceptors (Lipinski definition) is 6. The Bertz CT molecular complexity index is 361. The van der Waals surface area contributed by atoms with E-state index in [2.05, 4.69) is 14.5 Å². The summed E-state index contributed by atoms with van der Waals surface area (Å²) in [7, 11) is 1.18. The van der Waals surface area contributed by atoms with Crippen molar-refractivity contribution in [2.75, 3.05) is 13.7 Å². The van der Waals surface area contributed by atoms with E-state index in [1.54, 1.807) is 0 Å². The Labute approximate surface area is 84.6 Å². The van der Waals surface area contributed by atoms with Gasteiger partial charge in [0.2, 0.25) is 0 Å². The van der Waals surface area contributed by atoms with E-state index < -0.39 is 11.1 Å². The van der Waals surface area contributed by atoms with Gasteiger partial charge in [-0.2, -0.15) is 0 Å². The minimum absolute atomic E-state index is 0.0100. The Balaban J connectivity index is 2.47. The first-order chi connectivity index (χ1) is 7.15. The van der Waals surface area contributed by atoms with Crippen LogP contribution >= 0.6 is 0 Å². The summed E-state index contributed by atoms with van der Waals surface area (Å²) in [5.74, 6) is -0.288. The van der Waals surface area contributed by atoms with Crippen LogP contribution in [0.2, 0.25) is 0 Å². The van der Waals surface area contributed by atoms with Crippen LogP contribution < -0.4 is 0 Å². The molecule has 0 aliphatic rings. The molecule has 1 aromatic rings. The summed E-state index contributed by atoms with van der Waals surface area (Å²) in [5.41, 5.74) is 0. The highest BCUT2D eigenvalue weighted by molar-refractivity contribution is 5.59. The molecular weight excluding hydrogens is 206 g/mol. The lowest BCUT2D eigenvalue weighted by Gasteiger charge is -2.02. The molecule has 0 saturated heterocycles. The smallest absolute Gasteiger partial charge is 0.438 e. The maximum absolute atomic E-state index is 10.6. The van der Waals surface area contributed by atoms with Gasteiger partial charge in [-0.3, -0.25) is 0 Å². The molecule has 0 aliphatic heterocycles. The minimum Gasteiger partial charge on any atom is -0.438 e. The van der Waals surface area contributed by atoms with Gasteiger partial charge in [0.25, 0.3) is 0 Å². The summed E-state index contributed by atoms with van der Waals surface area (Å²) in [4.78, 5) is 23.9. The number of rotatable bonds is 4. The lowest BCUT2D eigenvalue weighted by Crippen LogP contribution is -2.12. The highest BCUT2D eigenvalue weighted by Crippen LogP contribution is 2.06. The van der Waals surface area contributed by atoms with Gasteiger partial charge >= 0.3 is 12.1 Å². The summed E-state index contributed by atoms with van der Waals surface area (Å²) in [5, 5.41) is 10.4. The summed E-state index contributed by atoms with van der Waals surface area (Å²) >= 11 is 0. The maximum Gasteiger partial charge on any atom is 0.508 e. The Morgan fingerprint density at radius 1 is 1.73 bits per heavy atom. The molecule has 1 heterocycles. The van der Waals surface area contributed by atoms with Crippen LogP contribution in [0.5, 0.6) is 0 Å². The fourth-order valence-electron chi connectivity index (χ4n) is 0.934. The molecule has 0 unspecified atom stereocenters. The number of nitrogens with zero attached hydrogens (tertiary/aromatic N) is 3. The summed E-state index contributed by atoms with van der Waals surface area (Å²) in [6.45, 7) is 0.148. The number of imidazole rings is 1. The van der Waals surface area contributed by atoms with E-state index in [1.807, 2.05) is 0 Å². The second-order valence-electron chi connectivity index (χ2n) is 2.48. The van der Waals surface area contributed by atoms with Crippen LogP contribution in [0.25, 0.3) is 0 Å². The van der Waals surface area contributed by atoms with E-state index >= 15 is 0 Å². The van der Waals surface area contributed by atoms with E-state index in [9.17, 15) is 14.9 Å². The molecule has 0 N–H and O–H groups in total. The van der Waals surface area contributed by atoms with E-state index in [-0.39, 0.29) is 19.1 Å². The van der Waals surface area contributed by atoms with E-state index in [0.29, 0.717) is 0 Å². The second kappa shape index (κ2) is 4.94. The molecular formula is C7H9N3O5. The van der Waals surface area contributed by atoms with Crippen molar-refractivity contribution in [2.45, 2.75) is 6.54 Å². The number of ether oxygens (including phenoxy) is 2. The molecule has 0 spiro atoms. The molecule has 0 atom stereocenters. The molecule has 0 fully saturated rings. The van der Waals surface area contributed by atoms with Crippen molar-refractivity contribution in [1.29, 1.82) is 0 Å². The number of methoxy groups -OCH3 is 1. The highest BCUT2D eigenvalue weighted by Gasteiger charge is 2.13. The third kappa shape index (κ3) is 2.93. The third-order valence-corrected chi connectivity index (χ3v) is 1.58. The van der Waals surface area contributed by atoms with Crippen molar-refractivity contribution in [2.24, 2.45) is 0 Å². The van der Waals surface area contributed by atoms with Gasteiger partial charge in [0.15, 0.2) is 0 Å². The van der Waals surface area contributed by atoms with Crippen LogP contribution in [0.4, 0.5) is 10.7 Å². The van der Waals surface area contributed by atoms with Gasteiger partial charge in [0.1, 0.15) is 25.5 Å². The second-order valence-corrected chi connectivity index (χ2v) is 2.48. The van der Waals surface area contributed by atoms with Crippen molar-refractivity contribution in [3.63, 3.8) is 0 Å². The average molecular weight is 215 g/mol. The molecule has 15 heavy (non-hydrogen) atoms. The molecule has 1 aromatic heterocycles. The molecule has 8 heteroatoms. The fourth-order valence-corrected chi connectivity index (χ4v) is 0.934. The first-order valence-electron chi connectivity index (χ1n) is 4.01. The predicted molar refractivity (Wildman–Crippen MR) is 47.2 cm³/mol. The number of nitro groups is 1. The third-order valence-electron chi connectivity index (χ3n) is 1.58. The molecule has 1 rings (SSSR count). The Morgan fingerprint density at radius 3 is 3.07 bits per heavy atom. The number of carbonyl (C=O) groups is 1. The van der Waals surface area contributed by atoms with Gasteiger partial charge in [-0.25, -0.2) is 9.36 Å². The normalized spacial score (nSPS) is 9.67. The number of aromatic nitrogens is 2. The van der Waals surface area contributed by atoms with Crippen molar-refractivity contribution >= 4 is 12.1 Å². The van der Waals surface area contributed by atoms with Crippen molar-refractivity contribution < 1.29 is 19.2 Å². The van der Waals surface area contributed by atoms with Crippen molar-refractivity contribution in [1.82, 2.24) is 9.55 Å². The summed E-state index contributed by atoms with van der Waals surface area (Å²) in [6.07, 6.45) is 1.91. The molecule has 0 amide bonds. The van der Waals surface area contributed by atoms with Gasteiger partial charge in [-0.05, 0) is 4.92 Å². The summed E-state index contributed by atoms with van der Waals surface area (Å²) < 4.78 is 10.1. The first-order valence-corrected chi connectivity index (χ1v) is 4.01. The molecule has 0 saturated carbocycles. The van der Waals surface area contributed by atoms with Gasteiger partial charge in [-0.1, -0.05) is 4.98 Å². The lowest BCUT2D eigenvalue weighted by atomic mass is 10.6. The van der Waals surface area contributed by atoms with E-state index in [1.165, 1.54) is 24.1 Å². The monoisotopic (exact) mass is 215 g/mol. The van der Waals surface area contributed by atoms with Crippen LogP contribution in [0, 0.1) is 10.1 Å². The maximum atomic E-state index is 10.6. The van der Waals surface area contributed by atoms with Crippen LogP contribution in [-0.4, -0.2) is 34.3 Å². The Morgan fingerprint density at radius 2 is 2.47 bits per heavy atom. The summed E-state index contributed by atoms with van der Waals surface area (Å²) in [6, 6.07) is 0. The zero-order valence-electron chi connectivity index (χ0n) is 7.95. The van der Waals surface area contributed by atoms with E-state index in [0.717, 1.165) is 0 Å². The topological polar surface area (TPSA) is 96.5 Å². The molecule has 0 bridgehead atoms. The predicted octanol–water partition coefficient (Wildman–Crippen LogP) is 0.574. The van der Waals surface area contributed by atoms with Gasteiger partial charge in [-0.15, -0.1) is 0 Å². The van der Waals surface area contributed by atoms with Crippen LogP contribution in [0.15, 0.2) is 12.4 Å². The van der Waals surface area contributed by atoms with Crippen LogP contribution in [0.1, 0.15) is 0 Å². The van der Waals surface area contributed by atoms with E-state index in [4.69, 9.17) is 0 Å². The zero-order valence-corrected chi connectivity index (χ0v) is 7.95. The molecule has 82 valence electrons. The van der Waals surface area contributed by atoms with Crippen molar-refractivity contribution in [3.05, 3.63) is 22.5 Å². The van der Waals surface area contributed by atoms with Gasteiger partial charge in [0, 0.05) is 0 Å². The SMILES string of the molecule is COC(=O)OCCn1ccnc1[N+](=O)[O-]. The Kier molecular flexibility index (Phi) is 3.61. The average Bonchev–Trinajstić information content (AvgIpc) is 2.65. The lowest BCUT2D eigenvalue weighted by molar-refractivity contribution is -0.396. The minimum atomic E-state index is -0.822. The van der Waals surface area contributed by atoms with Crippen molar-refractivity contribution in [3.8, 4) is 0 Å². The Hall–Kier alpha value is -2.12. The number of carbonyl (C=O) groups excluding carboxylic acids is 1. The van der Waals surface area contributed by atoms with Gasteiger partial charge in [0.05, 0.1) is 7.11 Å². The quantitative estimate of drug-likeness (QED) is 0.414. The largest absolute Gasteiger partial charge is 0.508 e. The molecule has 8 nitrogen and oxygen atoms in total. The fraction of sp³-hybridized carbons (Fsp3) is 0.429. The zero-order chi connectivity index (χ0) is 11.3. The highest BCUT2D eigenvalue weighted by atomic mass is 16.7. The first kappa shape index (κ1) is 11.0. The molecule has 0 aromatic carbocycles. The molecule has 0 radical (unpaired) electrons. The van der Waals surface area contributed by atoms with Crippen LogP contribution in [-0.2, 0) is 16.0 Å². The standard InChI is InChI=1S/C7H9N3O5/c1-14-7(11)15-5-4-9-3-2-8-6(9)10(12)13/h2-3H,4-5H2,1H3. The molecule has 0 aliphatic carbocycles. The van der Waals surface area contributed by atoms with Crippen LogP contribution in [0.3, 0.4) is 0 Å². The van der Waals surface area contributed by atoms with Gasteiger partial charge < -0.3 is 19.6 Å². The number of hydrogen-bond donors (Lipinski definition) is 0.